The predicted octanol–water partition coefficient (Wildman–Crippen LogP) is 4.52. The molecule has 0 bridgehead atoms. The van der Waals surface area contributed by atoms with Gasteiger partial charge in [-0.3, -0.25) is 4.90 Å². The molecule has 0 saturated carbocycles. The summed E-state index contributed by atoms with van der Waals surface area (Å²) in [6, 6.07) is 12.8. The number of likely N-dealkylation sites (tertiary alicyclic amines) is 1. The van der Waals surface area contributed by atoms with E-state index in [9.17, 15) is 0 Å². The van der Waals surface area contributed by atoms with E-state index in [1.807, 2.05) is 35.4 Å². The summed E-state index contributed by atoms with van der Waals surface area (Å²) in [7, 11) is 4.91. The fourth-order valence-corrected chi connectivity index (χ4v) is 5.03. The normalized spacial score (nSPS) is 14.6. The Morgan fingerprint density at radius 1 is 0.833 bits per heavy atom. The molecule has 2 aromatic carbocycles. The maximum atomic E-state index is 5.53. The van der Waals surface area contributed by atoms with Crippen LogP contribution in [0.5, 0.6) is 17.2 Å². The summed E-state index contributed by atoms with van der Waals surface area (Å²) in [6.07, 6.45) is 11.7. The molecule has 0 unspecified atom stereocenters. The minimum Gasteiger partial charge on any atom is -0.493 e. The number of aromatic nitrogens is 4. The molecule has 0 spiro atoms. The van der Waals surface area contributed by atoms with Gasteiger partial charge in [-0.25, -0.2) is 9.97 Å². The number of hydrogen-bond acceptors (Lipinski definition) is 6. The minimum absolute atomic E-state index is 0.446. The molecule has 4 aromatic rings. The molecule has 2 aromatic heterocycles. The van der Waals surface area contributed by atoms with Crippen molar-refractivity contribution in [2.45, 2.75) is 31.8 Å². The van der Waals surface area contributed by atoms with Gasteiger partial charge < -0.3 is 23.3 Å². The van der Waals surface area contributed by atoms with Gasteiger partial charge in [0.2, 0.25) is 5.75 Å². The second kappa shape index (κ2) is 10.9. The van der Waals surface area contributed by atoms with Crippen LogP contribution in [0.4, 0.5) is 0 Å². The third-order valence-corrected chi connectivity index (χ3v) is 6.92. The van der Waals surface area contributed by atoms with E-state index in [4.69, 9.17) is 19.2 Å². The third kappa shape index (κ3) is 5.09. The van der Waals surface area contributed by atoms with Gasteiger partial charge in [-0.2, -0.15) is 0 Å². The number of piperidine rings is 1. The lowest BCUT2D eigenvalue weighted by Crippen LogP contribution is -2.33. The zero-order valence-corrected chi connectivity index (χ0v) is 21.1. The highest BCUT2D eigenvalue weighted by atomic mass is 16.5. The Kier molecular flexibility index (Phi) is 7.23. The van der Waals surface area contributed by atoms with Crippen molar-refractivity contribution in [3.63, 3.8) is 0 Å². The average molecular weight is 488 g/mol. The maximum Gasteiger partial charge on any atom is 0.203 e. The number of nitrogens with zero attached hydrogens (tertiary/aromatic N) is 5. The van der Waals surface area contributed by atoms with E-state index in [1.165, 1.54) is 5.56 Å². The van der Waals surface area contributed by atoms with E-state index in [0.29, 0.717) is 29.7 Å². The summed E-state index contributed by atoms with van der Waals surface area (Å²) >= 11 is 0. The van der Waals surface area contributed by atoms with E-state index in [0.717, 1.165) is 49.6 Å². The summed E-state index contributed by atoms with van der Waals surface area (Å²) < 4.78 is 20.8. The van der Waals surface area contributed by atoms with E-state index in [2.05, 4.69) is 44.9 Å². The first-order chi connectivity index (χ1) is 17.7. The SMILES string of the molecule is COc1cc(Cn2ccnc2C2CCN(Cc3ccc(-n4ccnc4)cc3)CC2)cc(OC)c1OC. The molecule has 0 atom stereocenters. The molecule has 36 heavy (non-hydrogen) atoms. The molecule has 0 amide bonds. The fraction of sp³-hybridized carbons (Fsp3) is 0.357. The van der Waals surface area contributed by atoms with Gasteiger partial charge in [0.05, 0.1) is 27.7 Å². The van der Waals surface area contributed by atoms with Crippen LogP contribution in [-0.4, -0.2) is 58.4 Å². The van der Waals surface area contributed by atoms with Crippen LogP contribution in [0, 0.1) is 0 Å². The van der Waals surface area contributed by atoms with Crippen LogP contribution in [0.25, 0.3) is 5.69 Å². The molecule has 3 heterocycles. The van der Waals surface area contributed by atoms with Gasteiger partial charge in [0, 0.05) is 49.5 Å². The van der Waals surface area contributed by atoms with Gasteiger partial charge in [-0.05, 0) is 61.3 Å². The van der Waals surface area contributed by atoms with Crippen LogP contribution >= 0.6 is 0 Å². The average Bonchev–Trinajstić information content (AvgIpc) is 3.62. The quantitative estimate of drug-likeness (QED) is 0.346. The van der Waals surface area contributed by atoms with E-state index < -0.39 is 0 Å². The Morgan fingerprint density at radius 3 is 2.17 bits per heavy atom. The van der Waals surface area contributed by atoms with Gasteiger partial charge in [0.1, 0.15) is 5.82 Å². The summed E-state index contributed by atoms with van der Waals surface area (Å²) in [5.41, 5.74) is 3.55. The Bertz CT molecular complexity index is 1230. The number of imidazole rings is 2. The van der Waals surface area contributed by atoms with Crippen LogP contribution in [0.15, 0.2) is 67.5 Å². The van der Waals surface area contributed by atoms with Gasteiger partial charge in [-0.1, -0.05) is 12.1 Å². The second-order valence-electron chi connectivity index (χ2n) is 9.13. The lowest BCUT2D eigenvalue weighted by molar-refractivity contribution is 0.200. The monoisotopic (exact) mass is 487 g/mol. The second-order valence-corrected chi connectivity index (χ2v) is 9.13. The largest absolute Gasteiger partial charge is 0.493 e. The van der Waals surface area contributed by atoms with Crippen LogP contribution in [0.3, 0.4) is 0 Å². The highest BCUT2D eigenvalue weighted by Gasteiger charge is 2.24. The molecule has 0 radical (unpaired) electrons. The number of benzene rings is 2. The van der Waals surface area contributed by atoms with E-state index >= 15 is 0 Å². The first kappa shape index (κ1) is 23.9. The van der Waals surface area contributed by atoms with Gasteiger partial charge >= 0.3 is 0 Å². The Balaban J connectivity index is 1.21. The Labute approximate surface area is 212 Å². The summed E-state index contributed by atoms with van der Waals surface area (Å²) in [5, 5.41) is 0. The van der Waals surface area contributed by atoms with Crippen LogP contribution in [-0.2, 0) is 13.1 Å². The van der Waals surface area contributed by atoms with Crippen LogP contribution in [0.2, 0.25) is 0 Å². The number of methoxy groups -OCH3 is 3. The zero-order chi connectivity index (χ0) is 24.9. The molecule has 188 valence electrons. The smallest absolute Gasteiger partial charge is 0.203 e. The Hall–Kier alpha value is -3.78. The highest BCUT2D eigenvalue weighted by molar-refractivity contribution is 5.53. The lowest BCUT2D eigenvalue weighted by atomic mass is 9.95. The standard InChI is InChI=1S/C28H33N5O3/c1-34-25-16-22(17-26(35-2)27(25)36-3)19-32-15-11-30-28(32)23-8-12-31(13-9-23)18-21-4-6-24(7-5-21)33-14-10-29-20-33/h4-7,10-11,14-17,20,23H,8-9,12-13,18-19H2,1-3H3. The molecule has 1 aliphatic rings. The van der Waals surface area contributed by atoms with E-state index in [-0.39, 0.29) is 0 Å². The topological polar surface area (TPSA) is 66.6 Å². The van der Waals surface area contributed by atoms with Crippen molar-refractivity contribution >= 4 is 0 Å². The molecule has 1 aliphatic heterocycles. The lowest BCUT2D eigenvalue weighted by Gasteiger charge is -2.32. The fourth-order valence-electron chi connectivity index (χ4n) is 5.03. The zero-order valence-electron chi connectivity index (χ0n) is 21.1. The van der Waals surface area contributed by atoms with Crippen molar-refractivity contribution in [3.05, 3.63) is 84.5 Å². The Morgan fingerprint density at radius 2 is 1.56 bits per heavy atom. The van der Waals surface area contributed by atoms with Gasteiger partial charge in [-0.15, -0.1) is 0 Å². The summed E-state index contributed by atoms with van der Waals surface area (Å²) in [5.74, 6) is 3.54. The van der Waals surface area contributed by atoms with Gasteiger partial charge in [0.25, 0.3) is 0 Å². The number of rotatable bonds is 9. The first-order valence-electron chi connectivity index (χ1n) is 12.3. The molecule has 8 nitrogen and oxygen atoms in total. The minimum atomic E-state index is 0.446. The molecule has 5 rings (SSSR count). The van der Waals surface area contributed by atoms with Gasteiger partial charge in [0.15, 0.2) is 11.5 Å². The number of hydrogen-bond donors (Lipinski definition) is 0. The third-order valence-electron chi connectivity index (χ3n) is 6.92. The van der Waals surface area contributed by atoms with Crippen LogP contribution in [0.1, 0.15) is 35.7 Å². The highest BCUT2D eigenvalue weighted by Crippen LogP contribution is 2.38. The molecular weight excluding hydrogens is 454 g/mol. The maximum absolute atomic E-state index is 5.53. The molecule has 8 heteroatoms. The van der Waals surface area contributed by atoms with Crippen molar-refractivity contribution in [1.29, 1.82) is 0 Å². The first-order valence-corrected chi connectivity index (χ1v) is 12.3. The molecule has 0 N–H and O–H groups in total. The van der Waals surface area contributed by atoms with Crippen molar-refractivity contribution in [2.75, 3.05) is 34.4 Å². The molecular formula is C28H33N5O3. The van der Waals surface area contributed by atoms with Crippen molar-refractivity contribution in [1.82, 2.24) is 24.0 Å². The predicted molar refractivity (Wildman–Crippen MR) is 138 cm³/mol. The molecule has 1 fully saturated rings. The van der Waals surface area contributed by atoms with Crippen LogP contribution < -0.4 is 14.2 Å². The molecule has 0 aliphatic carbocycles. The van der Waals surface area contributed by atoms with Crippen molar-refractivity contribution in [3.8, 4) is 22.9 Å². The molecule has 1 saturated heterocycles. The van der Waals surface area contributed by atoms with Crippen molar-refractivity contribution < 1.29 is 14.2 Å². The summed E-state index contributed by atoms with van der Waals surface area (Å²) in [4.78, 5) is 11.4. The van der Waals surface area contributed by atoms with Crippen molar-refractivity contribution in [2.24, 2.45) is 0 Å². The number of ether oxygens (including phenoxy) is 3. The van der Waals surface area contributed by atoms with E-state index in [1.54, 1.807) is 27.5 Å². The summed E-state index contributed by atoms with van der Waals surface area (Å²) in [6.45, 7) is 3.79.